The summed E-state index contributed by atoms with van der Waals surface area (Å²) in [5, 5.41) is 6.31. The third-order valence-corrected chi connectivity index (χ3v) is 6.88. The lowest BCUT2D eigenvalue weighted by Crippen LogP contribution is -2.50. The molecule has 3 aliphatic rings. The number of carbonyl (C=O) groups is 3. The average molecular weight is 434 g/mol. The number of carbonyl (C=O) groups excluding carboxylic acids is 3. The second-order valence-corrected chi connectivity index (χ2v) is 9.25. The van der Waals surface area contributed by atoms with Gasteiger partial charge in [0.25, 0.3) is 5.91 Å². The summed E-state index contributed by atoms with van der Waals surface area (Å²) in [7, 11) is 0. The van der Waals surface area contributed by atoms with E-state index in [-0.39, 0.29) is 30.4 Å². The van der Waals surface area contributed by atoms with Gasteiger partial charge in [0, 0.05) is 25.2 Å². The Hall–Kier alpha value is -2.19. The van der Waals surface area contributed by atoms with Crippen LogP contribution in [0.2, 0.25) is 5.02 Å². The van der Waals surface area contributed by atoms with Gasteiger partial charge in [-0.3, -0.25) is 14.5 Å². The fourth-order valence-corrected chi connectivity index (χ4v) is 4.72. The highest BCUT2D eigenvalue weighted by atomic mass is 35.5. The predicted molar refractivity (Wildman–Crippen MR) is 113 cm³/mol. The largest absolute Gasteiger partial charge is 0.326 e. The molecule has 4 amide bonds. The van der Waals surface area contributed by atoms with Gasteiger partial charge in [-0.15, -0.1) is 0 Å². The van der Waals surface area contributed by atoms with E-state index in [0.717, 1.165) is 25.7 Å². The molecule has 0 atom stereocenters. The molecule has 2 aliphatic heterocycles. The maximum absolute atomic E-state index is 13.0. The van der Waals surface area contributed by atoms with Crippen LogP contribution in [0.25, 0.3) is 0 Å². The SMILES string of the molecule is CC1CCC2(CC1)NC(=O)N(CN1CCC(C(=O)Nc3ccc(Cl)cn3)CC1)C2=O. The first-order chi connectivity index (χ1) is 14.4. The van der Waals surface area contributed by atoms with E-state index in [9.17, 15) is 14.4 Å². The van der Waals surface area contributed by atoms with Gasteiger partial charge in [0.15, 0.2) is 0 Å². The number of aromatic nitrogens is 1. The van der Waals surface area contributed by atoms with Gasteiger partial charge < -0.3 is 10.6 Å². The molecule has 1 aromatic rings. The van der Waals surface area contributed by atoms with Crippen LogP contribution in [0.5, 0.6) is 0 Å². The number of urea groups is 1. The molecule has 1 saturated carbocycles. The zero-order chi connectivity index (χ0) is 21.3. The molecule has 1 aromatic heterocycles. The number of piperidine rings is 1. The third kappa shape index (κ3) is 4.30. The molecule has 0 bridgehead atoms. The Kier molecular flexibility index (Phi) is 5.97. The van der Waals surface area contributed by atoms with E-state index in [1.165, 1.54) is 11.1 Å². The zero-order valence-electron chi connectivity index (χ0n) is 17.2. The van der Waals surface area contributed by atoms with Gasteiger partial charge in [-0.05, 0) is 56.6 Å². The van der Waals surface area contributed by atoms with Gasteiger partial charge >= 0.3 is 6.03 Å². The number of nitrogens with one attached hydrogen (secondary N) is 2. The highest BCUT2D eigenvalue weighted by Crippen LogP contribution is 2.36. The van der Waals surface area contributed by atoms with Crippen molar-refractivity contribution < 1.29 is 14.4 Å². The van der Waals surface area contributed by atoms with Crippen LogP contribution >= 0.6 is 11.6 Å². The van der Waals surface area contributed by atoms with Crippen molar-refractivity contribution in [3.63, 3.8) is 0 Å². The van der Waals surface area contributed by atoms with E-state index < -0.39 is 5.54 Å². The highest BCUT2D eigenvalue weighted by Gasteiger charge is 2.52. The molecule has 2 N–H and O–H groups in total. The standard InChI is InChI=1S/C21H28ClN5O3/c1-14-4-8-21(9-5-14)19(29)27(20(30)25-21)13-26-10-6-15(7-11-26)18(28)24-17-3-2-16(22)12-23-17/h2-3,12,14-15H,4-11,13H2,1H3,(H,25,30)(H,23,24,28). The molecule has 0 unspecified atom stereocenters. The number of rotatable bonds is 4. The van der Waals surface area contributed by atoms with Gasteiger partial charge in [-0.2, -0.15) is 0 Å². The third-order valence-electron chi connectivity index (χ3n) is 6.65. The number of nitrogens with zero attached hydrogens (tertiary/aromatic N) is 3. The van der Waals surface area contributed by atoms with Crippen molar-refractivity contribution in [1.82, 2.24) is 20.1 Å². The van der Waals surface area contributed by atoms with E-state index in [4.69, 9.17) is 11.6 Å². The number of likely N-dealkylation sites (tertiary alicyclic amines) is 1. The van der Waals surface area contributed by atoms with Crippen molar-refractivity contribution in [2.24, 2.45) is 11.8 Å². The maximum Gasteiger partial charge on any atom is 0.326 e. The Morgan fingerprint density at radius 2 is 1.93 bits per heavy atom. The summed E-state index contributed by atoms with van der Waals surface area (Å²) in [5.41, 5.74) is -0.701. The van der Waals surface area contributed by atoms with E-state index >= 15 is 0 Å². The molecule has 8 nitrogen and oxygen atoms in total. The summed E-state index contributed by atoms with van der Waals surface area (Å²) in [5.74, 6) is 0.816. The van der Waals surface area contributed by atoms with Crippen LogP contribution in [0, 0.1) is 11.8 Å². The predicted octanol–water partition coefficient (Wildman–Crippen LogP) is 2.84. The number of hydrogen-bond acceptors (Lipinski definition) is 5. The fraction of sp³-hybridized carbons (Fsp3) is 0.619. The molecule has 0 aromatic carbocycles. The van der Waals surface area contributed by atoms with Crippen LogP contribution in [0.3, 0.4) is 0 Å². The van der Waals surface area contributed by atoms with Gasteiger partial charge in [-0.1, -0.05) is 18.5 Å². The lowest BCUT2D eigenvalue weighted by molar-refractivity contribution is -0.134. The van der Waals surface area contributed by atoms with Crippen LogP contribution in [0.15, 0.2) is 18.3 Å². The monoisotopic (exact) mass is 433 g/mol. The Morgan fingerprint density at radius 1 is 1.23 bits per heavy atom. The van der Waals surface area contributed by atoms with Gasteiger partial charge in [0.1, 0.15) is 11.4 Å². The Morgan fingerprint density at radius 3 is 2.57 bits per heavy atom. The Bertz CT molecular complexity index is 814. The first-order valence-corrected chi connectivity index (χ1v) is 11.0. The van der Waals surface area contributed by atoms with Crippen LogP contribution in [0.4, 0.5) is 10.6 Å². The van der Waals surface area contributed by atoms with Crippen LogP contribution < -0.4 is 10.6 Å². The molecule has 0 radical (unpaired) electrons. The second kappa shape index (κ2) is 8.51. The highest BCUT2D eigenvalue weighted by molar-refractivity contribution is 6.30. The van der Waals surface area contributed by atoms with Crippen molar-refractivity contribution in [2.75, 3.05) is 25.1 Å². The molecule has 9 heteroatoms. The van der Waals surface area contributed by atoms with Crippen molar-refractivity contribution in [1.29, 1.82) is 0 Å². The quantitative estimate of drug-likeness (QED) is 0.712. The molecule has 4 rings (SSSR count). The summed E-state index contributed by atoms with van der Waals surface area (Å²) < 4.78 is 0. The first kappa shape index (κ1) is 21.1. The van der Waals surface area contributed by atoms with Gasteiger partial charge in [0.2, 0.25) is 5.91 Å². The molecule has 2 saturated heterocycles. The lowest BCUT2D eigenvalue weighted by Gasteiger charge is -2.35. The number of amides is 4. The smallest absolute Gasteiger partial charge is 0.323 e. The molecule has 1 spiro atoms. The van der Waals surface area contributed by atoms with Gasteiger partial charge in [0.05, 0.1) is 11.7 Å². The molecule has 1 aliphatic carbocycles. The Balaban J connectivity index is 1.28. The van der Waals surface area contributed by atoms with Crippen molar-refractivity contribution in [3.8, 4) is 0 Å². The van der Waals surface area contributed by atoms with E-state index in [1.807, 2.05) is 0 Å². The number of halogens is 1. The topological polar surface area (TPSA) is 94.6 Å². The molecule has 162 valence electrons. The normalized spacial score (nSPS) is 28.1. The average Bonchev–Trinajstić information content (AvgIpc) is 2.96. The van der Waals surface area contributed by atoms with Crippen LogP contribution in [0.1, 0.15) is 45.4 Å². The minimum absolute atomic E-state index is 0.0604. The summed E-state index contributed by atoms with van der Waals surface area (Å²) >= 11 is 5.82. The second-order valence-electron chi connectivity index (χ2n) is 8.81. The van der Waals surface area contributed by atoms with E-state index in [0.29, 0.717) is 42.7 Å². The fourth-order valence-electron chi connectivity index (χ4n) is 4.61. The van der Waals surface area contributed by atoms with E-state index in [2.05, 4.69) is 27.4 Å². The summed E-state index contributed by atoms with van der Waals surface area (Å²) in [6.45, 7) is 3.80. The number of imide groups is 1. The van der Waals surface area contributed by atoms with Crippen molar-refractivity contribution in [2.45, 2.75) is 51.0 Å². The summed E-state index contributed by atoms with van der Waals surface area (Å²) in [4.78, 5) is 45.5. The molecular weight excluding hydrogens is 406 g/mol. The molecule has 3 heterocycles. The van der Waals surface area contributed by atoms with E-state index in [1.54, 1.807) is 12.1 Å². The Labute approximate surface area is 181 Å². The van der Waals surface area contributed by atoms with Crippen LogP contribution in [-0.2, 0) is 9.59 Å². The summed E-state index contributed by atoms with van der Waals surface area (Å²) in [6.07, 6.45) is 6.20. The summed E-state index contributed by atoms with van der Waals surface area (Å²) in [6, 6.07) is 3.07. The lowest BCUT2D eigenvalue weighted by atomic mass is 9.77. The minimum atomic E-state index is -0.701. The van der Waals surface area contributed by atoms with Gasteiger partial charge in [-0.25, -0.2) is 14.7 Å². The van der Waals surface area contributed by atoms with Crippen LogP contribution in [-0.4, -0.2) is 57.9 Å². The number of pyridine rings is 1. The molecular formula is C21H28ClN5O3. The number of hydrogen-bond donors (Lipinski definition) is 2. The zero-order valence-corrected chi connectivity index (χ0v) is 18.0. The first-order valence-electron chi connectivity index (χ1n) is 10.7. The molecule has 30 heavy (non-hydrogen) atoms. The van der Waals surface area contributed by atoms with Crippen molar-refractivity contribution in [3.05, 3.63) is 23.4 Å². The molecule has 3 fully saturated rings. The minimum Gasteiger partial charge on any atom is -0.323 e. The number of anilines is 1. The van der Waals surface area contributed by atoms with Crippen molar-refractivity contribution >= 4 is 35.3 Å². The maximum atomic E-state index is 13.0.